The molecule has 0 fully saturated rings. The van der Waals surface area contributed by atoms with E-state index >= 15 is 0 Å². The number of nitrogens with zero attached hydrogens (tertiary/aromatic N) is 6. The quantitative estimate of drug-likeness (QED) is 0.0182. The molecule has 80 heavy (non-hydrogen) atoms. The van der Waals surface area contributed by atoms with Crippen LogP contribution < -0.4 is 18.3 Å². The summed E-state index contributed by atoms with van der Waals surface area (Å²) in [6.45, 7) is 4.59. The van der Waals surface area contributed by atoms with Crippen molar-refractivity contribution in [1.82, 2.24) is 19.9 Å². The molecule has 0 aromatic carbocycles. The number of H-pyrrole nitrogens is 2. The average molecular weight is 1080 g/mol. The molecule has 418 valence electrons. The lowest BCUT2D eigenvalue weighted by Gasteiger charge is -2.07. The summed E-state index contributed by atoms with van der Waals surface area (Å²) in [4.78, 5) is 19.3. The lowest BCUT2D eigenvalue weighted by atomic mass is 10.0. The molecule has 0 atom stereocenters. The van der Waals surface area contributed by atoms with Gasteiger partial charge >= 0.3 is 0 Å². The molecule has 6 N–H and O–H groups in total. The van der Waals surface area contributed by atoms with Gasteiger partial charge in [0.15, 0.2) is 49.6 Å². The predicted octanol–water partition coefficient (Wildman–Crippen LogP) is 12.2. The fourth-order valence-electron chi connectivity index (χ4n) is 11.4. The van der Waals surface area contributed by atoms with Gasteiger partial charge < -0.3 is 30.4 Å². The molecule has 8 bridgehead atoms. The van der Waals surface area contributed by atoms with E-state index in [2.05, 4.69) is 175 Å². The van der Waals surface area contributed by atoms with Crippen molar-refractivity contribution in [1.29, 1.82) is 0 Å². The SMILES string of the molecule is OCCCCCCC[n+]1cccc(-c2c3nc(c(-c4ccc[n+](CCCCCCCO)c4)c4ccc([nH]4)c(-c4ccc[n+](CCCCCCCO)c4)c4ccc([nH]4)c(-c4ccc[n+](CCCCCCCO)c4)c4nc2C=C4)C=C3)c1. The van der Waals surface area contributed by atoms with E-state index in [0.717, 1.165) is 244 Å². The molecule has 9 rings (SSSR count). The zero-order chi connectivity index (χ0) is 55.1. The smallest absolute Gasteiger partial charge is 0.176 e. The van der Waals surface area contributed by atoms with Crippen LogP contribution in [0.1, 0.15) is 151 Å². The number of aliphatic hydroxyl groups excluding tert-OH is 4. The van der Waals surface area contributed by atoms with Gasteiger partial charge in [-0.15, -0.1) is 0 Å². The van der Waals surface area contributed by atoms with Gasteiger partial charge in [0.2, 0.25) is 0 Å². The Labute approximate surface area is 473 Å². The number of pyridine rings is 4. The predicted molar refractivity (Wildman–Crippen MR) is 322 cm³/mol. The molecule has 0 saturated carbocycles. The number of aryl methyl sites for hydroxylation is 4. The van der Waals surface area contributed by atoms with Crippen molar-refractivity contribution in [3.63, 3.8) is 0 Å². The normalized spacial score (nSPS) is 12.1. The summed E-state index contributed by atoms with van der Waals surface area (Å²) in [5, 5.41) is 37.4. The van der Waals surface area contributed by atoms with E-state index in [9.17, 15) is 20.4 Å². The van der Waals surface area contributed by atoms with Crippen molar-refractivity contribution in [2.75, 3.05) is 26.4 Å². The molecule has 0 spiro atoms. The standard InChI is InChI=1S/C68H86N8O4/c77-45-17-9-1-5-13-37-73-41-21-25-53(49-73)65-57-29-31-59(69-57)66(54-26-22-42-74(50-54)38-14-6-2-10-18-46-78)61-33-35-63(71-61)68(56-28-24-44-76(52-56)40-16-8-4-12-20-48-80)64-36-34-62(72-64)67(60-32-30-58(65)70-60)55-27-23-43-75(51-55)39-15-7-3-11-19-47-79/h21-36,41-44,49-52,69-70,77-80H,1-20,37-40,45-48H2/q+4. The highest BCUT2D eigenvalue weighted by Gasteiger charge is 2.23. The zero-order valence-corrected chi connectivity index (χ0v) is 47.1. The number of hydrogen-bond donors (Lipinski definition) is 6. The Balaban J connectivity index is 1.25. The molecule has 12 nitrogen and oxygen atoms in total. The molecule has 0 aliphatic carbocycles. The van der Waals surface area contributed by atoms with E-state index in [0.29, 0.717) is 0 Å². The summed E-state index contributed by atoms with van der Waals surface area (Å²) in [5.74, 6) is 0. The topological polar surface area (TPSA) is 154 Å². The summed E-state index contributed by atoms with van der Waals surface area (Å²) in [5.41, 5.74) is 15.7. The molecule has 0 unspecified atom stereocenters. The molecular weight excluding hydrogens is 993 g/mol. The highest BCUT2D eigenvalue weighted by molar-refractivity contribution is 5.99. The fraction of sp³-hybridized carbons (Fsp3) is 0.412. The molecule has 2 aliphatic heterocycles. The zero-order valence-electron chi connectivity index (χ0n) is 47.1. The highest BCUT2D eigenvalue weighted by Crippen LogP contribution is 2.38. The van der Waals surface area contributed by atoms with Gasteiger partial charge in [-0.2, -0.15) is 0 Å². The monoisotopic (exact) mass is 1080 g/mol. The Hall–Kier alpha value is -6.96. The second-order valence-corrected chi connectivity index (χ2v) is 21.8. The number of aromatic amines is 2. The van der Waals surface area contributed by atoms with Crippen molar-refractivity contribution in [2.24, 2.45) is 0 Å². The van der Waals surface area contributed by atoms with Crippen molar-refractivity contribution in [3.05, 3.63) is 145 Å². The van der Waals surface area contributed by atoms with E-state index < -0.39 is 0 Å². The number of aromatic nitrogens is 8. The van der Waals surface area contributed by atoms with Gasteiger partial charge in [0.05, 0.1) is 28.3 Å². The van der Waals surface area contributed by atoms with Crippen molar-refractivity contribution in [3.8, 4) is 44.5 Å². The summed E-state index contributed by atoms with van der Waals surface area (Å²) in [6.07, 6.45) is 47.2. The number of nitrogens with one attached hydrogen (secondary N) is 2. The second-order valence-electron chi connectivity index (χ2n) is 21.8. The third kappa shape index (κ3) is 15.7. The number of fused-ring (bicyclic) bond motifs is 8. The Kier molecular flexibility index (Phi) is 22.1. The van der Waals surface area contributed by atoms with Crippen LogP contribution in [0.25, 0.3) is 90.9 Å². The van der Waals surface area contributed by atoms with Crippen LogP contribution in [-0.2, 0) is 26.2 Å². The molecule has 9 heterocycles. The number of rotatable bonds is 32. The van der Waals surface area contributed by atoms with Gasteiger partial charge in [0, 0.05) is 137 Å². The summed E-state index contributed by atoms with van der Waals surface area (Å²) in [7, 11) is 0. The van der Waals surface area contributed by atoms with Gasteiger partial charge in [0.25, 0.3) is 0 Å². The highest BCUT2D eigenvalue weighted by atomic mass is 16.3. The first-order chi connectivity index (χ1) is 39.5. The maximum absolute atomic E-state index is 9.35. The van der Waals surface area contributed by atoms with Gasteiger partial charge in [-0.25, -0.2) is 28.2 Å². The van der Waals surface area contributed by atoms with Crippen LogP contribution in [-0.4, -0.2) is 66.8 Å². The largest absolute Gasteiger partial charge is 0.396 e. The molecular formula is C68H86N8O4+4. The molecule has 2 aliphatic rings. The Morgan fingerprint density at radius 3 is 0.850 bits per heavy atom. The minimum Gasteiger partial charge on any atom is -0.396 e. The maximum Gasteiger partial charge on any atom is 0.176 e. The lowest BCUT2D eigenvalue weighted by molar-refractivity contribution is -0.697. The molecule has 7 aromatic rings. The summed E-state index contributed by atoms with van der Waals surface area (Å²) >= 11 is 0. The Bertz CT molecular complexity index is 3180. The number of unbranched alkanes of at least 4 members (excludes halogenated alkanes) is 16. The summed E-state index contributed by atoms with van der Waals surface area (Å²) < 4.78 is 9.22. The van der Waals surface area contributed by atoms with E-state index in [-0.39, 0.29) is 26.4 Å². The van der Waals surface area contributed by atoms with Crippen molar-refractivity contribution in [2.45, 2.75) is 155 Å². The van der Waals surface area contributed by atoms with Crippen LogP contribution >= 0.6 is 0 Å². The average Bonchev–Trinajstić information content (AvgIpc) is 4.37. The third-order valence-electron chi connectivity index (χ3n) is 15.6. The Morgan fingerprint density at radius 2 is 0.537 bits per heavy atom. The lowest BCUT2D eigenvalue weighted by Crippen LogP contribution is -2.32. The fourth-order valence-corrected chi connectivity index (χ4v) is 11.4. The van der Waals surface area contributed by atoms with Crippen LogP contribution in [0.4, 0.5) is 0 Å². The minimum absolute atomic E-state index is 0.251. The molecule has 0 saturated heterocycles. The van der Waals surface area contributed by atoms with Crippen molar-refractivity contribution >= 4 is 46.4 Å². The van der Waals surface area contributed by atoms with E-state index in [1.165, 1.54) is 0 Å². The van der Waals surface area contributed by atoms with Crippen molar-refractivity contribution < 1.29 is 38.7 Å². The first kappa shape index (κ1) is 57.7. The first-order valence-corrected chi connectivity index (χ1v) is 30.1. The van der Waals surface area contributed by atoms with Crippen LogP contribution in [0.2, 0.25) is 0 Å². The van der Waals surface area contributed by atoms with Crippen LogP contribution in [0.3, 0.4) is 0 Å². The van der Waals surface area contributed by atoms with Crippen LogP contribution in [0, 0.1) is 0 Å². The van der Waals surface area contributed by atoms with E-state index in [1.807, 2.05) is 0 Å². The van der Waals surface area contributed by atoms with Gasteiger partial charge in [-0.1, -0.05) is 51.4 Å². The van der Waals surface area contributed by atoms with Crippen LogP contribution in [0.5, 0.6) is 0 Å². The number of aliphatic hydroxyl groups is 4. The number of hydrogen-bond acceptors (Lipinski definition) is 6. The molecule has 12 heteroatoms. The minimum atomic E-state index is 0.251. The van der Waals surface area contributed by atoms with E-state index in [1.54, 1.807) is 0 Å². The second kappa shape index (κ2) is 30.6. The maximum atomic E-state index is 9.35. The van der Waals surface area contributed by atoms with Gasteiger partial charge in [-0.3, -0.25) is 0 Å². The molecule has 0 radical (unpaired) electrons. The van der Waals surface area contributed by atoms with E-state index in [4.69, 9.17) is 9.97 Å². The molecule has 7 aromatic heterocycles. The van der Waals surface area contributed by atoms with Crippen LogP contribution in [0.15, 0.2) is 122 Å². The Morgan fingerprint density at radius 1 is 0.287 bits per heavy atom. The first-order valence-electron chi connectivity index (χ1n) is 30.1. The third-order valence-corrected chi connectivity index (χ3v) is 15.6. The molecule has 0 amide bonds. The van der Waals surface area contributed by atoms with Gasteiger partial charge in [0.1, 0.15) is 26.2 Å². The summed E-state index contributed by atoms with van der Waals surface area (Å²) in [6, 6.07) is 26.3. The van der Waals surface area contributed by atoms with Gasteiger partial charge in [-0.05, 0) is 124 Å².